The molecule has 26 heavy (non-hydrogen) atoms. The van der Waals surface area contributed by atoms with Crippen molar-refractivity contribution in [3.63, 3.8) is 0 Å². The van der Waals surface area contributed by atoms with Crippen LogP contribution in [0.3, 0.4) is 0 Å². The molecule has 0 unspecified atom stereocenters. The van der Waals surface area contributed by atoms with Gasteiger partial charge in [0.15, 0.2) is 0 Å². The number of nitrogens with one attached hydrogen (secondary N) is 1. The summed E-state index contributed by atoms with van der Waals surface area (Å²) in [6.07, 6.45) is 5.02. The van der Waals surface area contributed by atoms with Crippen molar-refractivity contribution in [2.75, 3.05) is 36.5 Å². The lowest BCUT2D eigenvalue weighted by Crippen LogP contribution is -2.36. The van der Waals surface area contributed by atoms with Crippen LogP contribution in [0.25, 0.3) is 5.69 Å². The first kappa shape index (κ1) is 16.3. The Balaban J connectivity index is 1.42. The lowest BCUT2D eigenvalue weighted by molar-refractivity contribution is 0.102. The van der Waals surface area contributed by atoms with Gasteiger partial charge in [-0.1, -0.05) is 18.2 Å². The molecule has 1 fully saturated rings. The Bertz CT molecular complexity index is 870. The van der Waals surface area contributed by atoms with Crippen LogP contribution in [0, 0.1) is 0 Å². The molecule has 1 aliphatic heterocycles. The summed E-state index contributed by atoms with van der Waals surface area (Å²) in [5, 5.41) is 7.05. The van der Waals surface area contributed by atoms with E-state index in [0.29, 0.717) is 11.4 Å². The standard InChI is InChI=1S/C19H19N5O2/c25-19(15-12-21-24(14-15)16-4-2-1-3-5-16)22-18-7-6-17(13-20-18)23-8-10-26-11-9-23/h1-7,12-14H,8-11H2,(H,20,22,25). The Morgan fingerprint density at radius 3 is 2.54 bits per heavy atom. The average Bonchev–Trinajstić information content (AvgIpc) is 3.20. The van der Waals surface area contributed by atoms with Gasteiger partial charge < -0.3 is 15.0 Å². The first-order valence-corrected chi connectivity index (χ1v) is 8.50. The molecule has 0 aliphatic carbocycles. The number of hydrogen-bond acceptors (Lipinski definition) is 5. The van der Waals surface area contributed by atoms with Crippen molar-refractivity contribution in [1.29, 1.82) is 0 Å². The Morgan fingerprint density at radius 1 is 1.00 bits per heavy atom. The predicted octanol–water partition coefficient (Wildman–Crippen LogP) is 2.36. The Kier molecular flexibility index (Phi) is 4.61. The summed E-state index contributed by atoms with van der Waals surface area (Å²) in [5.41, 5.74) is 2.41. The zero-order valence-electron chi connectivity index (χ0n) is 14.2. The molecular weight excluding hydrogens is 330 g/mol. The minimum Gasteiger partial charge on any atom is -0.378 e. The summed E-state index contributed by atoms with van der Waals surface area (Å²) in [4.78, 5) is 19.0. The Morgan fingerprint density at radius 2 is 1.81 bits per heavy atom. The second-order valence-corrected chi connectivity index (χ2v) is 5.96. The molecule has 3 aromatic rings. The van der Waals surface area contributed by atoms with Crippen LogP contribution in [-0.2, 0) is 4.74 Å². The highest BCUT2D eigenvalue weighted by atomic mass is 16.5. The molecule has 1 aliphatic rings. The van der Waals surface area contributed by atoms with Crippen LogP contribution < -0.4 is 10.2 Å². The van der Waals surface area contributed by atoms with Crippen LogP contribution in [-0.4, -0.2) is 47.0 Å². The fraction of sp³-hybridized carbons (Fsp3) is 0.211. The summed E-state index contributed by atoms with van der Waals surface area (Å²) in [6, 6.07) is 13.4. The quantitative estimate of drug-likeness (QED) is 0.783. The highest BCUT2D eigenvalue weighted by Crippen LogP contribution is 2.17. The van der Waals surface area contributed by atoms with Gasteiger partial charge in [-0.05, 0) is 24.3 Å². The van der Waals surface area contributed by atoms with Gasteiger partial charge in [0, 0.05) is 19.3 Å². The summed E-state index contributed by atoms with van der Waals surface area (Å²) in [7, 11) is 0. The third-order valence-electron chi connectivity index (χ3n) is 4.23. The predicted molar refractivity (Wildman–Crippen MR) is 98.8 cm³/mol. The van der Waals surface area contributed by atoms with Crippen LogP contribution in [0.2, 0.25) is 0 Å². The molecule has 0 saturated carbocycles. The summed E-state index contributed by atoms with van der Waals surface area (Å²) in [5.74, 6) is 0.276. The third-order valence-corrected chi connectivity index (χ3v) is 4.23. The largest absolute Gasteiger partial charge is 0.378 e. The van der Waals surface area contributed by atoms with Crippen molar-refractivity contribution in [3.8, 4) is 5.69 Å². The van der Waals surface area contributed by atoms with Gasteiger partial charge in [0.25, 0.3) is 5.91 Å². The molecule has 0 atom stereocenters. The molecule has 1 aromatic carbocycles. The van der Waals surface area contributed by atoms with Crippen molar-refractivity contribution < 1.29 is 9.53 Å². The van der Waals surface area contributed by atoms with E-state index in [0.717, 1.165) is 37.7 Å². The third kappa shape index (κ3) is 3.57. The van der Waals surface area contributed by atoms with Gasteiger partial charge in [-0.15, -0.1) is 0 Å². The van der Waals surface area contributed by atoms with E-state index in [2.05, 4.69) is 20.3 Å². The van der Waals surface area contributed by atoms with E-state index in [1.807, 2.05) is 42.5 Å². The van der Waals surface area contributed by atoms with Gasteiger partial charge in [0.05, 0.1) is 42.5 Å². The van der Waals surface area contributed by atoms with Gasteiger partial charge in [0.2, 0.25) is 0 Å². The topological polar surface area (TPSA) is 72.3 Å². The lowest BCUT2D eigenvalue weighted by Gasteiger charge is -2.28. The molecule has 7 nitrogen and oxygen atoms in total. The molecule has 132 valence electrons. The second kappa shape index (κ2) is 7.37. The normalized spacial score (nSPS) is 14.2. The number of carbonyl (C=O) groups is 1. The maximum Gasteiger partial charge on any atom is 0.260 e. The van der Waals surface area contributed by atoms with Crippen molar-refractivity contribution >= 4 is 17.4 Å². The molecule has 0 bridgehead atoms. The smallest absolute Gasteiger partial charge is 0.260 e. The summed E-state index contributed by atoms with van der Waals surface area (Å²) in [6.45, 7) is 3.16. The number of morpholine rings is 1. The van der Waals surface area contributed by atoms with Gasteiger partial charge in [-0.3, -0.25) is 4.79 Å². The second-order valence-electron chi connectivity index (χ2n) is 5.96. The van der Waals surface area contributed by atoms with Crippen molar-refractivity contribution in [2.45, 2.75) is 0 Å². The molecule has 1 saturated heterocycles. The molecular formula is C19H19N5O2. The van der Waals surface area contributed by atoms with Crippen LogP contribution in [0.1, 0.15) is 10.4 Å². The van der Waals surface area contributed by atoms with Crippen LogP contribution >= 0.6 is 0 Å². The Hall–Kier alpha value is -3.19. The zero-order chi connectivity index (χ0) is 17.8. The van der Waals surface area contributed by atoms with Gasteiger partial charge in [0.1, 0.15) is 5.82 Å². The first-order valence-electron chi connectivity index (χ1n) is 8.50. The van der Waals surface area contributed by atoms with Gasteiger partial charge >= 0.3 is 0 Å². The number of aromatic nitrogens is 3. The highest BCUT2D eigenvalue weighted by Gasteiger charge is 2.13. The van der Waals surface area contributed by atoms with E-state index in [-0.39, 0.29) is 5.91 Å². The van der Waals surface area contributed by atoms with Crippen LogP contribution in [0.4, 0.5) is 11.5 Å². The fourth-order valence-corrected chi connectivity index (χ4v) is 2.82. The number of hydrogen-bond donors (Lipinski definition) is 1. The maximum absolute atomic E-state index is 12.4. The molecule has 3 heterocycles. The summed E-state index contributed by atoms with van der Waals surface area (Å²) < 4.78 is 7.02. The zero-order valence-corrected chi connectivity index (χ0v) is 14.2. The number of rotatable bonds is 4. The number of ether oxygens (including phenoxy) is 1. The van der Waals surface area contributed by atoms with E-state index in [4.69, 9.17) is 4.74 Å². The van der Waals surface area contributed by atoms with E-state index in [9.17, 15) is 4.79 Å². The molecule has 4 rings (SSSR count). The van der Waals surface area contributed by atoms with Crippen molar-refractivity contribution in [3.05, 3.63) is 66.6 Å². The monoisotopic (exact) mass is 349 g/mol. The fourth-order valence-electron chi connectivity index (χ4n) is 2.82. The van der Waals surface area contributed by atoms with Crippen LogP contribution in [0.5, 0.6) is 0 Å². The number of carbonyl (C=O) groups excluding carboxylic acids is 1. The molecule has 0 radical (unpaired) electrons. The summed E-state index contributed by atoms with van der Waals surface area (Å²) >= 11 is 0. The Labute approximate surface area is 151 Å². The number of benzene rings is 1. The molecule has 1 N–H and O–H groups in total. The number of amides is 1. The molecule has 2 aromatic heterocycles. The minimum absolute atomic E-state index is 0.237. The number of pyridine rings is 1. The average molecular weight is 349 g/mol. The first-order chi connectivity index (χ1) is 12.8. The van der Waals surface area contributed by atoms with E-state index < -0.39 is 0 Å². The highest BCUT2D eigenvalue weighted by molar-refractivity contribution is 6.03. The van der Waals surface area contributed by atoms with Gasteiger partial charge in [-0.2, -0.15) is 5.10 Å². The van der Waals surface area contributed by atoms with Crippen LogP contribution in [0.15, 0.2) is 61.1 Å². The molecule has 0 spiro atoms. The maximum atomic E-state index is 12.4. The van der Waals surface area contributed by atoms with Gasteiger partial charge in [-0.25, -0.2) is 9.67 Å². The molecule has 7 heteroatoms. The number of nitrogens with zero attached hydrogens (tertiary/aromatic N) is 4. The van der Waals surface area contributed by atoms with Crippen molar-refractivity contribution in [2.24, 2.45) is 0 Å². The minimum atomic E-state index is -0.237. The van der Waals surface area contributed by atoms with Crippen molar-refractivity contribution in [1.82, 2.24) is 14.8 Å². The van der Waals surface area contributed by atoms with E-state index in [1.165, 1.54) is 0 Å². The lowest BCUT2D eigenvalue weighted by atomic mass is 10.3. The SMILES string of the molecule is O=C(Nc1ccc(N2CCOCC2)cn1)c1cnn(-c2ccccc2)c1. The number of para-hydroxylation sites is 1. The molecule has 1 amide bonds. The number of anilines is 2. The van der Waals surface area contributed by atoms with E-state index in [1.54, 1.807) is 23.3 Å². The van der Waals surface area contributed by atoms with E-state index >= 15 is 0 Å².